The van der Waals surface area contributed by atoms with Crippen molar-refractivity contribution >= 4 is 17.7 Å². The van der Waals surface area contributed by atoms with E-state index in [9.17, 15) is 14.4 Å². The number of hydrogen-bond donors (Lipinski definition) is 0. The van der Waals surface area contributed by atoms with Gasteiger partial charge in [-0.3, -0.25) is 19.3 Å². The van der Waals surface area contributed by atoms with Crippen molar-refractivity contribution in [1.29, 1.82) is 0 Å². The van der Waals surface area contributed by atoms with Gasteiger partial charge in [0.25, 0.3) is 17.7 Å². The Bertz CT molecular complexity index is 876. The summed E-state index contributed by atoms with van der Waals surface area (Å²) in [6.45, 7) is 4.32. The molecule has 3 amide bonds. The van der Waals surface area contributed by atoms with Gasteiger partial charge in [-0.25, -0.2) is 0 Å². The minimum atomic E-state index is -0.327. The molecule has 0 fully saturated rings. The van der Waals surface area contributed by atoms with Crippen molar-refractivity contribution in [2.45, 2.75) is 32.7 Å². The largest absolute Gasteiger partial charge is 0.339 e. The Kier molecular flexibility index (Phi) is 5.40. The molecule has 5 nitrogen and oxygen atoms in total. The van der Waals surface area contributed by atoms with Crippen LogP contribution in [0.3, 0.4) is 0 Å². The van der Waals surface area contributed by atoms with Crippen molar-refractivity contribution in [3.05, 3.63) is 70.8 Å². The molecule has 0 saturated carbocycles. The van der Waals surface area contributed by atoms with E-state index in [0.717, 1.165) is 12.0 Å². The van der Waals surface area contributed by atoms with Gasteiger partial charge in [-0.05, 0) is 43.5 Å². The number of amides is 3. The van der Waals surface area contributed by atoms with Crippen molar-refractivity contribution in [1.82, 2.24) is 9.80 Å². The molecule has 0 aliphatic carbocycles. The summed E-state index contributed by atoms with van der Waals surface area (Å²) >= 11 is 0. The van der Waals surface area contributed by atoms with E-state index in [0.29, 0.717) is 29.7 Å². The van der Waals surface area contributed by atoms with E-state index in [-0.39, 0.29) is 23.8 Å². The normalized spacial score (nSPS) is 14.3. The smallest absolute Gasteiger partial charge is 0.261 e. The van der Waals surface area contributed by atoms with Crippen LogP contribution in [0.2, 0.25) is 0 Å². The average Bonchev–Trinajstić information content (AvgIpc) is 2.95. The molecule has 0 bridgehead atoms. The highest BCUT2D eigenvalue weighted by molar-refractivity contribution is 6.22. The Labute approximate surface area is 159 Å². The molecule has 0 radical (unpaired) electrons. The first kappa shape index (κ1) is 18.8. The summed E-state index contributed by atoms with van der Waals surface area (Å²) in [5, 5.41) is 0. The van der Waals surface area contributed by atoms with Gasteiger partial charge < -0.3 is 4.90 Å². The predicted octanol–water partition coefficient (Wildman–Crippen LogP) is 3.40. The molecule has 0 N–H and O–H groups in total. The van der Waals surface area contributed by atoms with E-state index < -0.39 is 0 Å². The third-order valence-electron chi connectivity index (χ3n) is 5.26. The van der Waals surface area contributed by atoms with Gasteiger partial charge in [-0.1, -0.05) is 37.3 Å². The summed E-state index contributed by atoms with van der Waals surface area (Å²) in [6, 6.07) is 14.6. The van der Waals surface area contributed by atoms with Crippen LogP contribution in [0.25, 0.3) is 0 Å². The molecule has 2 aromatic rings. The van der Waals surface area contributed by atoms with Gasteiger partial charge in [0.2, 0.25) is 0 Å². The molecule has 0 saturated heterocycles. The number of fused-ring (bicyclic) bond motifs is 1. The van der Waals surface area contributed by atoms with Gasteiger partial charge in [-0.2, -0.15) is 0 Å². The zero-order chi connectivity index (χ0) is 19.6. The SMILES string of the molecule is CCC(C)N(C)C(=O)c1ccc2c(c1)C(=O)N(CCc1ccccc1)C2=O. The first-order valence-corrected chi connectivity index (χ1v) is 9.25. The van der Waals surface area contributed by atoms with Crippen molar-refractivity contribution in [3.63, 3.8) is 0 Å². The van der Waals surface area contributed by atoms with Crippen LogP contribution in [0.4, 0.5) is 0 Å². The van der Waals surface area contributed by atoms with Crippen LogP contribution in [0.15, 0.2) is 48.5 Å². The Hall–Kier alpha value is -2.95. The Morgan fingerprint density at radius 2 is 1.70 bits per heavy atom. The maximum absolute atomic E-state index is 12.7. The van der Waals surface area contributed by atoms with Crippen LogP contribution in [-0.4, -0.2) is 47.2 Å². The fraction of sp³-hybridized carbons (Fsp3) is 0.318. The van der Waals surface area contributed by atoms with Crippen LogP contribution in [0.5, 0.6) is 0 Å². The summed E-state index contributed by atoms with van der Waals surface area (Å²) in [4.78, 5) is 40.9. The van der Waals surface area contributed by atoms with E-state index >= 15 is 0 Å². The van der Waals surface area contributed by atoms with Gasteiger partial charge >= 0.3 is 0 Å². The first-order chi connectivity index (χ1) is 12.9. The molecule has 1 heterocycles. The highest BCUT2D eigenvalue weighted by Gasteiger charge is 2.36. The second-order valence-electron chi connectivity index (χ2n) is 6.93. The summed E-state index contributed by atoms with van der Waals surface area (Å²) in [7, 11) is 1.75. The van der Waals surface area contributed by atoms with Gasteiger partial charge in [0.1, 0.15) is 0 Å². The van der Waals surface area contributed by atoms with Gasteiger partial charge in [-0.15, -0.1) is 0 Å². The monoisotopic (exact) mass is 364 g/mol. The molecule has 1 aliphatic heterocycles. The third-order valence-corrected chi connectivity index (χ3v) is 5.26. The fourth-order valence-corrected chi connectivity index (χ4v) is 3.19. The van der Waals surface area contributed by atoms with E-state index in [1.54, 1.807) is 30.1 Å². The van der Waals surface area contributed by atoms with Crippen LogP contribution < -0.4 is 0 Å². The lowest BCUT2D eigenvalue weighted by atomic mass is 10.0. The zero-order valence-electron chi connectivity index (χ0n) is 15.9. The van der Waals surface area contributed by atoms with Crippen LogP contribution in [0.1, 0.15) is 56.9 Å². The number of benzene rings is 2. The maximum atomic E-state index is 12.7. The lowest BCUT2D eigenvalue weighted by Gasteiger charge is -2.24. The second kappa shape index (κ2) is 7.74. The van der Waals surface area contributed by atoms with E-state index in [2.05, 4.69) is 0 Å². The number of hydrogen-bond acceptors (Lipinski definition) is 3. The lowest BCUT2D eigenvalue weighted by Crippen LogP contribution is -2.34. The van der Waals surface area contributed by atoms with Crippen LogP contribution in [-0.2, 0) is 6.42 Å². The van der Waals surface area contributed by atoms with Crippen molar-refractivity contribution in [2.24, 2.45) is 0 Å². The number of carbonyl (C=O) groups is 3. The molecule has 5 heteroatoms. The predicted molar refractivity (Wildman–Crippen MR) is 104 cm³/mol. The standard InChI is InChI=1S/C22H24N2O3/c1-4-15(2)23(3)20(25)17-10-11-18-19(14-17)22(27)24(21(18)26)13-12-16-8-6-5-7-9-16/h5-11,14-15H,4,12-13H2,1-3H3. The van der Waals surface area contributed by atoms with Gasteiger partial charge in [0.05, 0.1) is 11.1 Å². The molecule has 3 rings (SSSR count). The minimum absolute atomic E-state index is 0.102. The van der Waals surface area contributed by atoms with Gasteiger partial charge in [0.15, 0.2) is 0 Å². The highest BCUT2D eigenvalue weighted by atomic mass is 16.2. The Morgan fingerprint density at radius 1 is 1.04 bits per heavy atom. The number of rotatable bonds is 6. The molecule has 2 aromatic carbocycles. The molecule has 140 valence electrons. The average molecular weight is 364 g/mol. The summed E-state index contributed by atoms with van der Waals surface area (Å²) in [5.41, 5.74) is 2.19. The molecule has 1 aliphatic rings. The van der Waals surface area contributed by atoms with Crippen LogP contribution >= 0.6 is 0 Å². The van der Waals surface area contributed by atoms with E-state index in [1.165, 1.54) is 4.90 Å². The number of nitrogens with zero attached hydrogens (tertiary/aromatic N) is 2. The molecule has 1 unspecified atom stereocenters. The first-order valence-electron chi connectivity index (χ1n) is 9.25. The van der Waals surface area contributed by atoms with E-state index in [1.807, 2.05) is 44.2 Å². The Balaban J connectivity index is 1.79. The topological polar surface area (TPSA) is 57.7 Å². The molecule has 1 atom stereocenters. The highest BCUT2D eigenvalue weighted by Crippen LogP contribution is 2.25. The summed E-state index contributed by atoms with van der Waals surface area (Å²) < 4.78 is 0. The summed E-state index contributed by atoms with van der Waals surface area (Å²) in [5.74, 6) is -0.762. The third kappa shape index (κ3) is 3.63. The van der Waals surface area contributed by atoms with Crippen molar-refractivity contribution in [2.75, 3.05) is 13.6 Å². The lowest BCUT2D eigenvalue weighted by molar-refractivity contribution is 0.0655. The van der Waals surface area contributed by atoms with Crippen molar-refractivity contribution in [3.8, 4) is 0 Å². The molecule has 0 spiro atoms. The number of carbonyl (C=O) groups excluding carboxylic acids is 3. The van der Waals surface area contributed by atoms with Crippen LogP contribution in [0, 0.1) is 0 Å². The minimum Gasteiger partial charge on any atom is -0.339 e. The zero-order valence-corrected chi connectivity index (χ0v) is 15.9. The van der Waals surface area contributed by atoms with Crippen molar-refractivity contribution < 1.29 is 14.4 Å². The summed E-state index contributed by atoms with van der Waals surface area (Å²) in [6.07, 6.45) is 1.45. The van der Waals surface area contributed by atoms with E-state index in [4.69, 9.17) is 0 Å². The molecule has 27 heavy (non-hydrogen) atoms. The molecular formula is C22H24N2O3. The number of imide groups is 1. The maximum Gasteiger partial charge on any atom is 0.261 e. The molecule has 0 aromatic heterocycles. The Morgan fingerprint density at radius 3 is 2.37 bits per heavy atom. The molecular weight excluding hydrogens is 340 g/mol. The quantitative estimate of drug-likeness (QED) is 0.738. The fourth-order valence-electron chi connectivity index (χ4n) is 3.19. The van der Waals surface area contributed by atoms with Gasteiger partial charge in [0, 0.05) is 25.2 Å². The second-order valence-corrected chi connectivity index (χ2v) is 6.93.